The van der Waals surface area contributed by atoms with E-state index in [4.69, 9.17) is 9.47 Å². The van der Waals surface area contributed by atoms with Crippen molar-refractivity contribution in [2.75, 3.05) is 6.61 Å². The highest BCUT2D eigenvalue weighted by Gasteiger charge is 2.12. The lowest BCUT2D eigenvalue weighted by Crippen LogP contribution is -2.21. The summed E-state index contributed by atoms with van der Waals surface area (Å²) >= 11 is 0. The third-order valence-electron chi connectivity index (χ3n) is 1.60. The van der Waals surface area contributed by atoms with Crippen LogP contribution in [0.3, 0.4) is 0 Å². The minimum absolute atomic E-state index is 0.0129. The Morgan fingerprint density at radius 2 is 2.67 bits per heavy atom. The second-order valence-electron chi connectivity index (χ2n) is 2.54. The molecule has 1 aliphatic heterocycles. The van der Waals surface area contributed by atoms with Crippen LogP contribution >= 0.6 is 0 Å². The third kappa shape index (κ3) is 2.78. The minimum atomic E-state index is -0.395. The van der Waals surface area contributed by atoms with Crippen molar-refractivity contribution in [3.8, 4) is 0 Å². The van der Waals surface area contributed by atoms with Crippen molar-refractivity contribution in [2.24, 2.45) is 0 Å². The van der Waals surface area contributed by atoms with Crippen LogP contribution in [-0.2, 0) is 14.3 Å². The molecule has 0 aliphatic carbocycles. The first-order valence-corrected chi connectivity index (χ1v) is 3.92. The fourth-order valence-electron chi connectivity index (χ4n) is 0.941. The van der Waals surface area contributed by atoms with Crippen molar-refractivity contribution in [1.29, 1.82) is 0 Å². The summed E-state index contributed by atoms with van der Waals surface area (Å²) in [5.74, 6) is -0.395. The maximum Gasteiger partial charge on any atom is 0.330 e. The van der Waals surface area contributed by atoms with Crippen LogP contribution in [0.5, 0.6) is 0 Å². The van der Waals surface area contributed by atoms with Crippen molar-refractivity contribution >= 4 is 5.97 Å². The highest BCUT2D eigenvalue weighted by atomic mass is 16.6. The molecule has 0 N–H and O–H groups in total. The van der Waals surface area contributed by atoms with E-state index in [1.807, 2.05) is 6.08 Å². The molecule has 0 unspecified atom stereocenters. The Labute approximate surface area is 71.7 Å². The maximum absolute atomic E-state index is 10.6. The monoisotopic (exact) mass is 168 g/mol. The summed E-state index contributed by atoms with van der Waals surface area (Å²) < 4.78 is 10.00. The molecule has 0 spiro atoms. The summed E-state index contributed by atoms with van der Waals surface area (Å²) in [6.45, 7) is 3.61. The minimum Gasteiger partial charge on any atom is -0.495 e. The smallest absolute Gasteiger partial charge is 0.330 e. The largest absolute Gasteiger partial charge is 0.495 e. The van der Waals surface area contributed by atoms with Crippen LogP contribution in [0.15, 0.2) is 25.0 Å². The molecular formula is C9H12O3. The molecule has 1 aliphatic rings. The van der Waals surface area contributed by atoms with Gasteiger partial charge in [-0.1, -0.05) is 6.58 Å². The molecule has 0 radical (unpaired) electrons. The number of ether oxygens (including phenoxy) is 2. The number of rotatable bonds is 3. The van der Waals surface area contributed by atoms with E-state index in [1.165, 1.54) is 0 Å². The number of hydrogen-bond acceptors (Lipinski definition) is 3. The first-order valence-electron chi connectivity index (χ1n) is 3.92. The van der Waals surface area contributed by atoms with Gasteiger partial charge in [-0.05, 0) is 18.9 Å². The molecule has 0 fully saturated rings. The second kappa shape index (κ2) is 4.59. The first kappa shape index (κ1) is 8.84. The summed E-state index contributed by atoms with van der Waals surface area (Å²) in [5, 5.41) is 0. The van der Waals surface area contributed by atoms with E-state index in [0.717, 1.165) is 18.9 Å². The number of esters is 1. The summed E-state index contributed by atoms with van der Waals surface area (Å²) in [7, 11) is 0. The van der Waals surface area contributed by atoms with E-state index in [-0.39, 0.29) is 6.10 Å². The van der Waals surface area contributed by atoms with Gasteiger partial charge in [-0.15, -0.1) is 0 Å². The summed E-state index contributed by atoms with van der Waals surface area (Å²) in [6.07, 6.45) is 6.65. The molecule has 1 rings (SSSR count). The lowest BCUT2D eigenvalue weighted by Gasteiger charge is -2.18. The number of allylic oxidation sites excluding steroid dienone is 1. The van der Waals surface area contributed by atoms with E-state index in [2.05, 4.69) is 6.58 Å². The average Bonchev–Trinajstić information content (AvgIpc) is 2.16. The normalized spacial score (nSPS) is 21.2. The topological polar surface area (TPSA) is 35.5 Å². The molecule has 0 aromatic rings. The molecule has 3 heteroatoms. The predicted molar refractivity (Wildman–Crippen MR) is 44.4 cm³/mol. The predicted octanol–water partition coefficient (Wildman–Crippen LogP) is 1.41. The van der Waals surface area contributed by atoms with Crippen molar-refractivity contribution in [2.45, 2.75) is 18.9 Å². The molecule has 12 heavy (non-hydrogen) atoms. The average molecular weight is 168 g/mol. The SMILES string of the molecule is C=CC(=O)OC[C@@H]1CCC=CO1. The number of carbonyl (C=O) groups excluding carboxylic acids is 1. The zero-order chi connectivity index (χ0) is 8.81. The summed E-state index contributed by atoms with van der Waals surface area (Å²) in [6, 6.07) is 0. The van der Waals surface area contributed by atoms with Crippen molar-refractivity contribution in [1.82, 2.24) is 0 Å². The molecule has 3 nitrogen and oxygen atoms in total. The molecule has 0 aromatic carbocycles. The van der Waals surface area contributed by atoms with Crippen LogP contribution in [-0.4, -0.2) is 18.7 Å². The Hall–Kier alpha value is -1.25. The first-order chi connectivity index (χ1) is 5.83. The van der Waals surface area contributed by atoms with Crippen molar-refractivity contribution in [3.63, 3.8) is 0 Å². The van der Waals surface area contributed by atoms with E-state index < -0.39 is 5.97 Å². The molecule has 0 bridgehead atoms. The van der Waals surface area contributed by atoms with Gasteiger partial charge < -0.3 is 9.47 Å². The van der Waals surface area contributed by atoms with Gasteiger partial charge in [0, 0.05) is 6.08 Å². The van der Waals surface area contributed by atoms with Gasteiger partial charge in [-0.3, -0.25) is 0 Å². The van der Waals surface area contributed by atoms with Gasteiger partial charge in [0.2, 0.25) is 0 Å². The quantitative estimate of drug-likeness (QED) is 0.472. The molecule has 0 amide bonds. The van der Waals surface area contributed by atoms with Gasteiger partial charge in [0.15, 0.2) is 0 Å². The third-order valence-corrected chi connectivity index (χ3v) is 1.60. The van der Waals surface area contributed by atoms with Gasteiger partial charge in [0.05, 0.1) is 6.26 Å². The summed E-state index contributed by atoms with van der Waals surface area (Å²) in [4.78, 5) is 10.6. The van der Waals surface area contributed by atoms with Crippen LogP contribution in [0.4, 0.5) is 0 Å². The van der Waals surface area contributed by atoms with E-state index in [1.54, 1.807) is 6.26 Å². The van der Waals surface area contributed by atoms with Crippen LogP contribution in [0, 0.1) is 0 Å². The van der Waals surface area contributed by atoms with Gasteiger partial charge >= 0.3 is 5.97 Å². The van der Waals surface area contributed by atoms with E-state index >= 15 is 0 Å². The standard InChI is InChI=1S/C9H12O3/c1-2-9(10)12-7-8-5-3-4-6-11-8/h2,4,6,8H,1,3,5,7H2/t8-/m0/s1. The van der Waals surface area contributed by atoms with Crippen molar-refractivity contribution in [3.05, 3.63) is 25.0 Å². The number of hydrogen-bond donors (Lipinski definition) is 0. The van der Waals surface area contributed by atoms with E-state index in [0.29, 0.717) is 6.61 Å². The van der Waals surface area contributed by atoms with Crippen LogP contribution in [0.1, 0.15) is 12.8 Å². The summed E-state index contributed by atoms with van der Waals surface area (Å²) in [5.41, 5.74) is 0. The van der Waals surface area contributed by atoms with E-state index in [9.17, 15) is 4.79 Å². The Balaban J connectivity index is 2.18. The van der Waals surface area contributed by atoms with Crippen LogP contribution in [0.2, 0.25) is 0 Å². The lowest BCUT2D eigenvalue weighted by atomic mass is 10.2. The van der Waals surface area contributed by atoms with Gasteiger partial charge in [0.25, 0.3) is 0 Å². The lowest BCUT2D eigenvalue weighted by molar-refractivity contribution is -0.141. The highest BCUT2D eigenvalue weighted by molar-refractivity contribution is 5.81. The van der Waals surface area contributed by atoms with Gasteiger partial charge in [0.1, 0.15) is 12.7 Å². The molecule has 0 saturated heterocycles. The fraction of sp³-hybridized carbons (Fsp3) is 0.444. The van der Waals surface area contributed by atoms with Crippen LogP contribution in [0.25, 0.3) is 0 Å². The molecule has 66 valence electrons. The van der Waals surface area contributed by atoms with Crippen molar-refractivity contribution < 1.29 is 14.3 Å². The molecule has 0 saturated carbocycles. The Bertz CT molecular complexity index is 196. The fourth-order valence-corrected chi connectivity index (χ4v) is 0.941. The highest BCUT2D eigenvalue weighted by Crippen LogP contribution is 2.10. The zero-order valence-electron chi connectivity index (χ0n) is 6.86. The van der Waals surface area contributed by atoms with Gasteiger partial charge in [-0.25, -0.2) is 4.79 Å². The molecule has 1 heterocycles. The maximum atomic E-state index is 10.6. The molecule has 1 atom stereocenters. The van der Waals surface area contributed by atoms with Crippen LogP contribution < -0.4 is 0 Å². The molecular weight excluding hydrogens is 156 g/mol. The zero-order valence-corrected chi connectivity index (χ0v) is 6.86. The Morgan fingerprint density at radius 3 is 3.25 bits per heavy atom. The molecule has 0 aromatic heterocycles. The van der Waals surface area contributed by atoms with Gasteiger partial charge in [-0.2, -0.15) is 0 Å². The number of carbonyl (C=O) groups is 1. The second-order valence-corrected chi connectivity index (χ2v) is 2.54. The Morgan fingerprint density at radius 1 is 1.83 bits per heavy atom. The Kier molecular flexibility index (Phi) is 3.38.